The lowest BCUT2D eigenvalue weighted by Gasteiger charge is -2.17. The van der Waals surface area contributed by atoms with Crippen molar-refractivity contribution in [1.82, 2.24) is 5.32 Å². The van der Waals surface area contributed by atoms with Gasteiger partial charge in [0.1, 0.15) is 0 Å². The van der Waals surface area contributed by atoms with Crippen LogP contribution in [0, 0.1) is 5.92 Å². The Morgan fingerprint density at radius 2 is 1.89 bits per heavy atom. The third-order valence-corrected chi connectivity index (χ3v) is 4.76. The second-order valence-electron chi connectivity index (χ2n) is 4.70. The van der Waals surface area contributed by atoms with Gasteiger partial charge < -0.3 is 5.32 Å². The molecule has 1 aromatic carbocycles. The van der Waals surface area contributed by atoms with E-state index in [9.17, 15) is 13.2 Å². The predicted molar refractivity (Wildman–Crippen MR) is 77.3 cm³/mol. The average Bonchev–Trinajstić information content (AvgIpc) is 2.27. The van der Waals surface area contributed by atoms with Crippen molar-refractivity contribution in [3.63, 3.8) is 0 Å². The summed E-state index contributed by atoms with van der Waals surface area (Å²) in [6.07, 6.45) is 0. The number of nitrogens with one attached hydrogen (secondary N) is 1. The highest BCUT2D eigenvalue weighted by molar-refractivity contribution is 9.10. The second kappa shape index (κ2) is 6.02. The minimum absolute atomic E-state index is 0.00548. The van der Waals surface area contributed by atoms with Gasteiger partial charge in [0.15, 0.2) is 0 Å². The van der Waals surface area contributed by atoms with Gasteiger partial charge in [-0.05, 0) is 47.0 Å². The van der Waals surface area contributed by atoms with Crippen LogP contribution in [0.3, 0.4) is 0 Å². The molecule has 1 rings (SSSR count). The van der Waals surface area contributed by atoms with E-state index in [-0.39, 0.29) is 28.3 Å². The van der Waals surface area contributed by atoms with E-state index in [2.05, 4.69) is 21.2 Å². The zero-order valence-corrected chi connectivity index (χ0v) is 13.4. The van der Waals surface area contributed by atoms with Gasteiger partial charge in [0, 0.05) is 16.1 Å². The molecule has 1 unspecified atom stereocenters. The van der Waals surface area contributed by atoms with Gasteiger partial charge in [-0.25, -0.2) is 13.6 Å². The molecule has 0 aliphatic rings. The Hall–Kier alpha value is -0.920. The molecule has 0 saturated carbocycles. The highest BCUT2D eigenvalue weighted by Crippen LogP contribution is 2.22. The van der Waals surface area contributed by atoms with Gasteiger partial charge in [0.25, 0.3) is 5.91 Å². The molecule has 1 aromatic rings. The topological polar surface area (TPSA) is 89.3 Å². The number of hydrogen-bond donors (Lipinski definition) is 2. The van der Waals surface area contributed by atoms with Crippen molar-refractivity contribution in [3.05, 3.63) is 28.2 Å². The number of carbonyl (C=O) groups is 1. The molecule has 5 nitrogen and oxygen atoms in total. The normalized spacial score (nSPS) is 13.4. The summed E-state index contributed by atoms with van der Waals surface area (Å²) in [5.41, 5.74) is 0.264. The van der Waals surface area contributed by atoms with E-state index in [0.717, 1.165) is 0 Å². The van der Waals surface area contributed by atoms with E-state index in [0.29, 0.717) is 4.47 Å². The fraction of sp³-hybridized carbons (Fsp3) is 0.417. The molecule has 0 aliphatic heterocycles. The molecule has 0 saturated heterocycles. The molecule has 3 N–H and O–H groups in total. The summed E-state index contributed by atoms with van der Waals surface area (Å²) in [6, 6.07) is 4.30. The maximum Gasteiger partial charge on any atom is 0.251 e. The van der Waals surface area contributed by atoms with Crippen LogP contribution in [0.1, 0.15) is 31.1 Å². The molecule has 1 amide bonds. The quantitative estimate of drug-likeness (QED) is 0.870. The van der Waals surface area contributed by atoms with Gasteiger partial charge in [-0.3, -0.25) is 4.79 Å². The van der Waals surface area contributed by atoms with Gasteiger partial charge in [0.2, 0.25) is 10.0 Å². The summed E-state index contributed by atoms with van der Waals surface area (Å²) < 4.78 is 23.1. The summed E-state index contributed by atoms with van der Waals surface area (Å²) in [6.45, 7) is 5.87. The van der Waals surface area contributed by atoms with Crippen molar-refractivity contribution in [1.29, 1.82) is 0 Å². The minimum Gasteiger partial charge on any atom is -0.349 e. The number of nitrogens with two attached hydrogens (primary N) is 1. The lowest BCUT2D eigenvalue weighted by Crippen LogP contribution is -2.36. The Balaban J connectivity index is 3.07. The van der Waals surface area contributed by atoms with Crippen LogP contribution in [-0.4, -0.2) is 20.4 Å². The number of benzene rings is 1. The average molecular weight is 349 g/mol. The third-order valence-electron chi connectivity index (χ3n) is 2.86. The summed E-state index contributed by atoms with van der Waals surface area (Å²) in [7, 11) is -3.86. The number of primary sulfonamides is 1. The van der Waals surface area contributed by atoms with E-state index in [1.54, 1.807) is 6.07 Å². The number of carbonyl (C=O) groups excluding carboxylic acids is 1. The molecule has 106 valence electrons. The van der Waals surface area contributed by atoms with Crippen LogP contribution in [0.4, 0.5) is 0 Å². The monoisotopic (exact) mass is 348 g/mol. The van der Waals surface area contributed by atoms with Gasteiger partial charge in [-0.15, -0.1) is 0 Å². The summed E-state index contributed by atoms with van der Waals surface area (Å²) in [5.74, 6) is -0.0318. The molecular formula is C12H17BrN2O3S. The van der Waals surface area contributed by atoms with E-state index in [1.807, 2.05) is 20.8 Å². The number of rotatable bonds is 4. The van der Waals surface area contributed by atoms with Crippen LogP contribution in [-0.2, 0) is 10.0 Å². The fourth-order valence-corrected chi connectivity index (χ4v) is 2.87. The highest BCUT2D eigenvalue weighted by Gasteiger charge is 2.17. The third kappa shape index (κ3) is 4.29. The van der Waals surface area contributed by atoms with E-state index in [4.69, 9.17) is 5.14 Å². The van der Waals surface area contributed by atoms with Crippen molar-refractivity contribution in [2.75, 3.05) is 0 Å². The molecule has 7 heteroatoms. The van der Waals surface area contributed by atoms with E-state index < -0.39 is 10.0 Å². The molecule has 0 heterocycles. The lowest BCUT2D eigenvalue weighted by molar-refractivity contribution is 0.0930. The molecule has 0 fully saturated rings. The standard InChI is InChI=1S/C12H17BrN2O3S/c1-7(2)8(3)15-12(16)9-4-5-10(13)11(6-9)19(14,17)18/h4-8H,1-3H3,(H,15,16)(H2,14,17,18). The maximum absolute atomic E-state index is 12.0. The zero-order valence-electron chi connectivity index (χ0n) is 11.0. The Labute approximate surface area is 121 Å². The summed E-state index contributed by atoms with van der Waals surface area (Å²) in [4.78, 5) is 11.9. The van der Waals surface area contributed by atoms with Crippen LogP contribution in [0.25, 0.3) is 0 Å². The van der Waals surface area contributed by atoms with Gasteiger partial charge in [0.05, 0.1) is 4.90 Å². The molecule has 1 atom stereocenters. The van der Waals surface area contributed by atoms with Crippen LogP contribution < -0.4 is 10.5 Å². The van der Waals surface area contributed by atoms with E-state index in [1.165, 1.54) is 12.1 Å². The van der Waals surface area contributed by atoms with Crippen molar-refractivity contribution in [2.45, 2.75) is 31.7 Å². The number of halogens is 1. The van der Waals surface area contributed by atoms with Gasteiger partial charge in [-0.1, -0.05) is 13.8 Å². The molecule has 0 radical (unpaired) electrons. The van der Waals surface area contributed by atoms with Crippen molar-refractivity contribution in [3.8, 4) is 0 Å². The second-order valence-corrected chi connectivity index (χ2v) is 7.08. The SMILES string of the molecule is CC(C)C(C)NC(=O)c1ccc(Br)c(S(N)(=O)=O)c1. The molecular weight excluding hydrogens is 332 g/mol. The number of amides is 1. The van der Waals surface area contributed by atoms with Gasteiger partial charge >= 0.3 is 0 Å². The molecule has 0 spiro atoms. The fourth-order valence-electron chi connectivity index (χ4n) is 1.32. The predicted octanol–water partition coefficient (Wildman–Crippen LogP) is 1.87. The molecule has 19 heavy (non-hydrogen) atoms. The van der Waals surface area contributed by atoms with Crippen LogP contribution >= 0.6 is 15.9 Å². The highest BCUT2D eigenvalue weighted by atomic mass is 79.9. The Bertz CT molecular complexity index is 585. The van der Waals surface area contributed by atoms with Crippen LogP contribution in [0.2, 0.25) is 0 Å². The summed E-state index contributed by atoms with van der Waals surface area (Å²) >= 11 is 3.10. The van der Waals surface area contributed by atoms with Crippen molar-refractivity contribution < 1.29 is 13.2 Å². The Morgan fingerprint density at radius 1 is 1.32 bits per heavy atom. The largest absolute Gasteiger partial charge is 0.349 e. The molecule has 0 aromatic heterocycles. The lowest BCUT2D eigenvalue weighted by atomic mass is 10.1. The first kappa shape index (κ1) is 16.1. The number of hydrogen-bond acceptors (Lipinski definition) is 3. The molecule has 0 bridgehead atoms. The first-order valence-electron chi connectivity index (χ1n) is 5.76. The van der Waals surface area contributed by atoms with Crippen molar-refractivity contribution in [2.24, 2.45) is 11.1 Å². The Kier molecular flexibility index (Phi) is 5.11. The smallest absolute Gasteiger partial charge is 0.251 e. The first-order valence-corrected chi connectivity index (χ1v) is 8.10. The van der Waals surface area contributed by atoms with Crippen molar-refractivity contribution >= 4 is 31.9 Å². The maximum atomic E-state index is 12.0. The van der Waals surface area contributed by atoms with Gasteiger partial charge in [-0.2, -0.15) is 0 Å². The Morgan fingerprint density at radius 3 is 2.37 bits per heavy atom. The van der Waals surface area contributed by atoms with Crippen LogP contribution in [0.5, 0.6) is 0 Å². The zero-order chi connectivity index (χ0) is 14.8. The van der Waals surface area contributed by atoms with Crippen LogP contribution in [0.15, 0.2) is 27.6 Å². The van der Waals surface area contributed by atoms with E-state index >= 15 is 0 Å². The summed E-state index contributed by atoms with van der Waals surface area (Å²) in [5, 5.41) is 7.89. The first-order chi connectivity index (χ1) is 8.62. The minimum atomic E-state index is -3.86. The number of sulfonamides is 1. The molecule has 0 aliphatic carbocycles.